The fraction of sp³-hybridized carbons (Fsp3) is 0.278. The molecule has 106 valence electrons. The molecule has 0 aliphatic heterocycles. The molecule has 2 aromatic rings. The molecule has 2 aromatic carbocycles. The minimum absolute atomic E-state index is 0.155. The molecule has 0 heterocycles. The highest BCUT2D eigenvalue weighted by Gasteiger charge is 2.29. The first-order valence-electron chi connectivity index (χ1n) is 7.22. The Labute approximate surface area is 124 Å². The summed E-state index contributed by atoms with van der Waals surface area (Å²) in [4.78, 5) is 0. The molecule has 1 saturated carbocycles. The molecule has 0 unspecified atom stereocenters. The maximum absolute atomic E-state index is 13.2. The van der Waals surface area contributed by atoms with Gasteiger partial charge in [-0.3, -0.25) is 0 Å². The van der Waals surface area contributed by atoms with Crippen LogP contribution in [0.5, 0.6) is 0 Å². The summed E-state index contributed by atoms with van der Waals surface area (Å²) < 4.78 is 13.2. The van der Waals surface area contributed by atoms with Crippen molar-refractivity contribution >= 4 is 0 Å². The molecule has 0 atom stereocenters. The zero-order chi connectivity index (χ0) is 14.7. The van der Waals surface area contributed by atoms with Crippen LogP contribution in [0.3, 0.4) is 0 Å². The van der Waals surface area contributed by atoms with Crippen LogP contribution in [0.25, 0.3) is 0 Å². The highest BCUT2D eigenvalue weighted by atomic mass is 19.1. The molecule has 3 heteroatoms. The van der Waals surface area contributed by atoms with Crippen molar-refractivity contribution in [3.63, 3.8) is 0 Å². The molecular weight excluding hydrogens is 263 g/mol. The van der Waals surface area contributed by atoms with E-state index in [-0.39, 0.29) is 5.82 Å². The lowest BCUT2D eigenvalue weighted by Crippen LogP contribution is -2.39. The number of hydrogen-bond acceptors (Lipinski definition) is 2. The van der Waals surface area contributed by atoms with Gasteiger partial charge in [-0.2, -0.15) is 5.26 Å². The summed E-state index contributed by atoms with van der Waals surface area (Å²) in [5.41, 5.74) is 2.92. The summed E-state index contributed by atoms with van der Waals surface area (Å²) in [7, 11) is 0. The Bertz CT molecular complexity index is 669. The normalized spacial score (nSPS) is 20.6. The Morgan fingerprint density at radius 2 is 1.95 bits per heavy atom. The minimum Gasteiger partial charge on any atom is -0.310 e. The van der Waals surface area contributed by atoms with Crippen molar-refractivity contribution in [2.45, 2.75) is 31.3 Å². The third-order valence-electron chi connectivity index (χ3n) is 4.11. The molecule has 0 radical (unpaired) electrons. The van der Waals surface area contributed by atoms with E-state index >= 15 is 0 Å². The summed E-state index contributed by atoms with van der Waals surface area (Å²) in [6.07, 6.45) is 2.09. The molecule has 1 aliphatic carbocycles. The van der Waals surface area contributed by atoms with E-state index in [4.69, 9.17) is 5.26 Å². The van der Waals surface area contributed by atoms with Crippen LogP contribution in [0.4, 0.5) is 4.39 Å². The van der Waals surface area contributed by atoms with Crippen molar-refractivity contribution < 1.29 is 4.39 Å². The van der Waals surface area contributed by atoms with Gasteiger partial charge in [0.25, 0.3) is 0 Å². The molecule has 1 aliphatic rings. The van der Waals surface area contributed by atoms with E-state index in [1.165, 1.54) is 6.07 Å². The standard InChI is InChI=1S/C18H17FN2/c19-17-6-2-5-15(8-17)16-9-18(10-16)21-12-14-4-1-3-13(7-14)11-20/h1-8,16,18,21H,9-10,12H2. The highest BCUT2D eigenvalue weighted by molar-refractivity contribution is 5.32. The van der Waals surface area contributed by atoms with Crippen LogP contribution < -0.4 is 5.32 Å². The first-order chi connectivity index (χ1) is 10.2. The zero-order valence-electron chi connectivity index (χ0n) is 11.7. The number of nitriles is 1. The van der Waals surface area contributed by atoms with Gasteiger partial charge < -0.3 is 5.32 Å². The fourth-order valence-electron chi connectivity index (χ4n) is 2.83. The topological polar surface area (TPSA) is 35.8 Å². The van der Waals surface area contributed by atoms with Crippen LogP contribution in [0.2, 0.25) is 0 Å². The first kappa shape index (κ1) is 13.8. The second-order valence-electron chi connectivity index (χ2n) is 5.61. The molecule has 1 N–H and O–H groups in total. The summed E-state index contributed by atoms with van der Waals surface area (Å²) in [5, 5.41) is 12.4. The minimum atomic E-state index is -0.155. The molecule has 21 heavy (non-hydrogen) atoms. The van der Waals surface area contributed by atoms with Crippen LogP contribution in [-0.4, -0.2) is 6.04 Å². The third-order valence-corrected chi connectivity index (χ3v) is 4.11. The van der Waals surface area contributed by atoms with Crippen molar-refractivity contribution in [3.05, 3.63) is 71.0 Å². The van der Waals surface area contributed by atoms with E-state index in [1.807, 2.05) is 30.3 Å². The zero-order valence-corrected chi connectivity index (χ0v) is 11.7. The van der Waals surface area contributed by atoms with Gasteiger partial charge in [-0.25, -0.2) is 4.39 Å². The number of halogens is 1. The number of nitrogens with zero attached hydrogens (tertiary/aromatic N) is 1. The van der Waals surface area contributed by atoms with E-state index in [1.54, 1.807) is 12.1 Å². The second-order valence-corrected chi connectivity index (χ2v) is 5.61. The van der Waals surface area contributed by atoms with Crippen molar-refractivity contribution in [2.75, 3.05) is 0 Å². The van der Waals surface area contributed by atoms with Crippen LogP contribution in [0.15, 0.2) is 48.5 Å². The predicted molar refractivity (Wildman–Crippen MR) is 80.2 cm³/mol. The maximum Gasteiger partial charge on any atom is 0.123 e. The van der Waals surface area contributed by atoms with E-state index in [2.05, 4.69) is 11.4 Å². The van der Waals surface area contributed by atoms with Gasteiger partial charge in [0.05, 0.1) is 11.6 Å². The number of rotatable bonds is 4. The molecule has 2 nitrogen and oxygen atoms in total. The number of benzene rings is 2. The van der Waals surface area contributed by atoms with Gasteiger partial charge in [0.1, 0.15) is 5.82 Å². The van der Waals surface area contributed by atoms with Gasteiger partial charge in [-0.05, 0) is 54.2 Å². The Morgan fingerprint density at radius 1 is 1.14 bits per heavy atom. The Hall–Kier alpha value is -2.18. The molecule has 0 saturated heterocycles. The van der Waals surface area contributed by atoms with Gasteiger partial charge in [0.2, 0.25) is 0 Å². The van der Waals surface area contributed by atoms with Crippen LogP contribution in [0.1, 0.15) is 35.4 Å². The number of nitrogens with one attached hydrogen (secondary N) is 1. The van der Waals surface area contributed by atoms with Crippen LogP contribution >= 0.6 is 0 Å². The van der Waals surface area contributed by atoms with Crippen LogP contribution in [0, 0.1) is 17.1 Å². The van der Waals surface area contributed by atoms with Gasteiger partial charge in [-0.15, -0.1) is 0 Å². The van der Waals surface area contributed by atoms with E-state index < -0.39 is 0 Å². The van der Waals surface area contributed by atoms with Gasteiger partial charge in [0, 0.05) is 12.6 Å². The SMILES string of the molecule is N#Cc1cccc(CNC2CC(c3cccc(F)c3)C2)c1. The van der Waals surface area contributed by atoms with E-state index in [0.29, 0.717) is 17.5 Å². The quantitative estimate of drug-likeness (QED) is 0.926. The lowest BCUT2D eigenvalue weighted by atomic mass is 9.76. The smallest absolute Gasteiger partial charge is 0.123 e. The van der Waals surface area contributed by atoms with Crippen molar-refractivity contribution in [1.82, 2.24) is 5.32 Å². The average molecular weight is 280 g/mol. The number of hydrogen-bond donors (Lipinski definition) is 1. The Balaban J connectivity index is 1.50. The summed E-state index contributed by atoms with van der Waals surface area (Å²) in [6.45, 7) is 0.774. The fourth-order valence-corrected chi connectivity index (χ4v) is 2.83. The predicted octanol–water partition coefficient (Wildman–Crippen LogP) is 3.73. The summed E-state index contributed by atoms with van der Waals surface area (Å²) in [5.74, 6) is 0.306. The molecule has 3 rings (SSSR count). The molecule has 1 fully saturated rings. The molecule has 0 bridgehead atoms. The van der Waals surface area contributed by atoms with Crippen molar-refractivity contribution in [1.29, 1.82) is 5.26 Å². The monoisotopic (exact) mass is 280 g/mol. The Morgan fingerprint density at radius 3 is 2.71 bits per heavy atom. The van der Waals surface area contributed by atoms with Crippen LogP contribution in [-0.2, 0) is 6.54 Å². The van der Waals surface area contributed by atoms with E-state index in [9.17, 15) is 4.39 Å². The highest BCUT2D eigenvalue weighted by Crippen LogP contribution is 2.37. The molecule has 0 aromatic heterocycles. The van der Waals surface area contributed by atoms with Crippen molar-refractivity contribution in [3.8, 4) is 6.07 Å². The maximum atomic E-state index is 13.2. The van der Waals surface area contributed by atoms with Crippen molar-refractivity contribution in [2.24, 2.45) is 0 Å². The molecular formula is C18H17FN2. The summed E-state index contributed by atoms with van der Waals surface area (Å²) >= 11 is 0. The largest absolute Gasteiger partial charge is 0.310 e. The van der Waals surface area contributed by atoms with Gasteiger partial charge >= 0.3 is 0 Å². The molecule has 0 amide bonds. The Kier molecular flexibility index (Phi) is 3.98. The third kappa shape index (κ3) is 3.29. The lowest BCUT2D eigenvalue weighted by Gasteiger charge is -2.36. The van der Waals surface area contributed by atoms with Gasteiger partial charge in [-0.1, -0.05) is 24.3 Å². The molecule has 0 spiro atoms. The van der Waals surface area contributed by atoms with E-state index in [0.717, 1.165) is 30.5 Å². The lowest BCUT2D eigenvalue weighted by molar-refractivity contribution is 0.289. The first-order valence-corrected chi connectivity index (χ1v) is 7.22. The van der Waals surface area contributed by atoms with Gasteiger partial charge in [0.15, 0.2) is 0 Å². The second kappa shape index (κ2) is 6.07. The average Bonchev–Trinajstić information content (AvgIpc) is 2.46. The summed E-state index contributed by atoms with van der Waals surface area (Å²) in [6, 6.07) is 17.2.